The quantitative estimate of drug-likeness (QED) is 0.725. The summed E-state index contributed by atoms with van der Waals surface area (Å²) in [4.78, 5) is 25.3. The highest BCUT2D eigenvalue weighted by Gasteiger charge is 2.36. The standard InChI is InChI=1S/C19H18N4OS/c1-22-17(24)12-23(19(22)14-7-3-2-4-8-14)11-15-13-25-18(21-15)16-9-5-6-10-20-16/h2-10,13,19H,11-12H2,1H3. The molecule has 1 amide bonds. The molecule has 6 heteroatoms. The number of aromatic nitrogens is 2. The monoisotopic (exact) mass is 350 g/mol. The minimum absolute atomic E-state index is 0.0475. The Morgan fingerprint density at radius 2 is 1.96 bits per heavy atom. The summed E-state index contributed by atoms with van der Waals surface area (Å²) in [5.41, 5.74) is 2.97. The Morgan fingerprint density at radius 1 is 1.16 bits per heavy atom. The fraction of sp³-hybridized carbons (Fsp3) is 0.211. The van der Waals surface area contributed by atoms with Crippen LogP contribution >= 0.6 is 11.3 Å². The Morgan fingerprint density at radius 3 is 2.72 bits per heavy atom. The number of thiazole rings is 1. The van der Waals surface area contributed by atoms with E-state index in [1.807, 2.05) is 43.4 Å². The minimum atomic E-state index is -0.0475. The van der Waals surface area contributed by atoms with Crippen LogP contribution in [0.15, 0.2) is 60.1 Å². The van der Waals surface area contributed by atoms with Crippen molar-refractivity contribution in [3.63, 3.8) is 0 Å². The molecule has 3 aromatic rings. The van der Waals surface area contributed by atoms with Gasteiger partial charge in [-0.15, -0.1) is 11.3 Å². The average molecular weight is 350 g/mol. The molecular weight excluding hydrogens is 332 g/mol. The smallest absolute Gasteiger partial charge is 0.238 e. The van der Waals surface area contributed by atoms with Crippen LogP contribution in [0.25, 0.3) is 10.7 Å². The molecule has 3 heterocycles. The van der Waals surface area contributed by atoms with Gasteiger partial charge in [-0.25, -0.2) is 4.98 Å². The van der Waals surface area contributed by atoms with E-state index in [-0.39, 0.29) is 12.1 Å². The van der Waals surface area contributed by atoms with Crippen molar-refractivity contribution in [2.24, 2.45) is 0 Å². The summed E-state index contributed by atoms with van der Waals surface area (Å²) in [6.07, 6.45) is 1.73. The maximum atomic E-state index is 12.2. The van der Waals surface area contributed by atoms with Crippen LogP contribution in [0.3, 0.4) is 0 Å². The van der Waals surface area contributed by atoms with Crippen LogP contribution < -0.4 is 0 Å². The number of carbonyl (C=O) groups excluding carboxylic acids is 1. The number of nitrogens with zero attached hydrogens (tertiary/aromatic N) is 4. The predicted molar refractivity (Wildman–Crippen MR) is 97.7 cm³/mol. The lowest BCUT2D eigenvalue weighted by Crippen LogP contribution is -2.29. The molecule has 1 atom stereocenters. The van der Waals surface area contributed by atoms with Crippen LogP contribution in [0.2, 0.25) is 0 Å². The van der Waals surface area contributed by atoms with E-state index in [9.17, 15) is 4.79 Å². The molecule has 4 rings (SSSR count). The first kappa shape index (κ1) is 15.9. The third-order valence-electron chi connectivity index (χ3n) is 4.34. The number of likely N-dealkylation sites (N-methyl/N-ethyl adjacent to an activating group) is 1. The van der Waals surface area contributed by atoms with Crippen LogP contribution in [-0.4, -0.2) is 39.3 Å². The molecule has 126 valence electrons. The number of benzene rings is 1. The molecule has 1 fully saturated rings. The zero-order chi connectivity index (χ0) is 17.2. The number of amides is 1. The summed E-state index contributed by atoms with van der Waals surface area (Å²) in [7, 11) is 1.86. The molecule has 0 radical (unpaired) electrons. The van der Waals surface area contributed by atoms with Gasteiger partial charge in [0.15, 0.2) is 0 Å². The molecule has 5 nitrogen and oxygen atoms in total. The molecule has 1 saturated heterocycles. The summed E-state index contributed by atoms with van der Waals surface area (Å²) in [6.45, 7) is 1.05. The van der Waals surface area contributed by atoms with Crippen molar-refractivity contribution in [1.29, 1.82) is 0 Å². The highest BCUT2D eigenvalue weighted by Crippen LogP contribution is 2.31. The van der Waals surface area contributed by atoms with Gasteiger partial charge in [0.05, 0.1) is 17.9 Å². The molecule has 0 aliphatic carbocycles. The highest BCUT2D eigenvalue weighted by molar-refractivity contribution is 7.13. The van der Waals surface area contributed by atoms with Gasteiger partial charge in [-0.2, -0.15) is 0 Å². The molecule has 25 heavy (non-hydrogen) atoms. The zero-order valence-corrected chi connectivity index (χ0v) is 14.7. The molecule has 1 aromatic carbocycles. The Balaban J connectivity index is 1.57. The first-order chi connectivity index (χ1) is 12.2. The van der Waals surface area contributed by atoms with E-state index in [0.717, 1.165) is 22.0 Å². The SMILES string of the molecule is CN1C(=O)CN(Cc2csc(-c3ccccn3)n2)C1c1ccccc1. The van der Waals surface area contributed by atoms with Gasteiger partial charge < -0.3 is 4.90 Å². The maximum absolute atomic E-state index is 12.2. The summed E-state index contributed by atoms with van der Waals surface area (Å²) in [6, 6.07) is 15.9. The van der Waals surface area contributed by atoms with Gasteiger partial charge in [0.1, 0.15) is 11.2 Å². The van der Waals surface area contributed by atoms with Crippen LogP contribution in [0, 0.1) is 0 Å². The van der Waals surface area contributed by atoms with Crippen molar-refractivity contribution < 1.29 is 4.79 Å². The largest absolute Gasteiger partial charge is 0.325 e. The molecule has 0 saturated carbocycles. The molecule has 1 aliphatic rings. The van der Waals surface area contributed by atoms with Gasteiger partial charge >= 0.3 is 0 Å². The summed E-state index contributed by atoms with van der Waals surface area (Å²) in [5.74, 6) is 0.133. The van der Waals surface area contributed by atoms with Gasteiger partial charge in [-0.1, -0.05) is 36.4 Å². The van der Waals surface area contributed by atoms with Crippen molar-refractivity contribution in [3.05, 3.63) is 71.4 Å². The van der Waals surface area contributed by atoms with Gasteiger partial charge in [-0.05, 0) is 17.7 Å². The van der Waals surface area contributed by atoms with Gasteiger partial charge in [0.25, 0.3) is 0 Å². The van der Waals surface area contributed by atoms with E-state index in [0.29, 0.717) is 13.1 Å². The molecular formula is C19H18N4OS. The minimum Gasteiger partial charge on any atom is -0.325 e. The Kier molecular flexibility index (Phi) is 4.29. The van der Waals surface area contributed by atoms with Crippen LogP contribution in [0.1, 0.15) is 17.4 Å². The van der Waals surface area contributed by atoms with Crippen molar-refractivity contribution >= 4 is 17.2 Å². The van der Waals surface area contributed by atoms with Crippen LogP contribution in [-0.2, 0) is 11.3 Å². The summed E-state index contributed by atoms with van der Waals surface area (Å²) in [5, 5.41) is 2.96. The summed E-state index contributed by atoms with van der Waals surface area (Å²) >= 11 is 1.59. The third kappa shape index (κ3) is 3.18. The second-order valence-corrected chi connectivity index (χ2v) is 6.91. The first-order valence-corrected chi connectivity index (χ1v) is 9.01. The Hall–Kier alpha value is -2.57. The second kappa shape index (κ2) is 6.74. The predicted octanol–water partition coefficient (Wildman–Crippen LogP) is 3.18. The first-order valence-electron chi connectivity index (χ1n) is 8.13. The molecule has 0 spiro atoms. The van der Waals surface area contributed by atoms with Crippen LogP contribution in [0.4, 0.5) is 0 Å². The average Bonchev–Trinajstić information content (AvgIpc) is 3.22. The second-order valence-electron chi connectivity index (χ2n) is 6.05. The van der Waals surface area contributed by atoms with Crippen LogP contribution in [0.5, 0.6) is 0 Å². The maximum Gasteiger partial charge on any atom is 0.238 e. The van der Waals surface area contributed by atoms with Crippen molar-refractivity contribution in [1.82, 2.24) is 19.8 Å². The van der Waals surface area contributed by atoms with Gasteiger partial charge in [0.2, 0.25) is 5.91 Å². The number of hydrogen-bond donors (Lipinski definition) is 0. The van der Waals surface area contributed by atoms with Crippen molar-refractivity contribution in [3.8, 4) is 10.7 Å². The molecule has 1 aliphatic heterocycles. The van der Waals surface area contributed by atoms with Gasteiger partial charge in [-0.3, -0.25) is 14.7 Å². The fourth-order valence-electron chi connectivity index (χ4n) is 3.15. The zero-order valence-electron chi connectivity index (χ0n) is 13.9. The number of hydrogen-bond acceptors (Lipinski definition) is 5. The van der Waals surface area contributed by atoms with E-state index < -0.39 is 0 Å². The molecule has 0 bridgehead atoms. The van der Waals surface area contributed by atoms with Gasteiger partial charge in [0, 0.05) is 25.2 Å². The van der Waals surface area contributed by atoms with E-state index in [2.05, 4.69) is 27.4 Å². The lowest BCUT2D eigenvalue weighted by Gasteiger charge is -2.27. The lowest BCUT2D eigenvalue weighted by atomic mass is 10.1. The normalized spacial score (nSPS) is 18.0. The number of pyridine rings is 1. The van der Waals surface area contributed by atoms with E-state index in [1.54, 1.807) is 22.4 Å². The molecule has 2 aromatic heterocycles. The van der Waals surface area contributed by atoms with E-state index >= 15 is 0 Å². The lowest BCUT2D eigenvalue weighted by molar-refractivity contribution is -0.126. The number of carbonyl (C=O) groups is 1. The number of rotatable bonds is 4. The van der Waals surface area contributed by atoms with Crippen molar-refractivity contribution in [2.75, 3.05) is 13.6 Å². The molecule has 1 unspecified atom stereocenters. The Bertz CT molecular complexity index is 865. The van der Waals surface area contributed by atoms with E-state index in [1.165, 1.54) is 0 Å². The highest BCUT2D eigenvalue weighted by atomic mass is 32.1. The molecule has 0 N–H and O–H groups in total. The Labute approximate surface area is 150 Å². The van der Waals surface area contributed by atoms with E-state index in [4.69, 9.17) is 4.98 Å². The van der Waals surface area contributed by atoms with Crippen molar-refractivity contribution in [2.45, 2.75) is 12.7 Å². The topological polar surface area (TPSA) is 49.3 Å². The summed E-state index contributed by atoms with van der Waals surface area (Å²) < 4.78 is 0. The third-order valence-corrected chi connectivity index (χ3v) is 5.26. The fourth-order valence-corrected chi connectivity index (χ4v) is 3.94.